The lowest BCUT2D eigenvalue weighted by molar-refractivity contribution is -0.135. The summed E-state index contributed by atoms with van der Waals surface area (Å²) in [5.74, 6) is 0.402. The Morgan fingerprint density at radius 2 is 2.00 bits per heavy atom. The number of H-pyrrole nitrogens is 1. The summed E-state index contributed by atoms with van der Waals surface area (Å²) >= 11 is 1.83. The molecule has 0 aliphatic heterocycles. The third kappa shape index (κ3) is 4.43. The van der Waals surface area contributed by atoms with Gasteiger partial charge in [0.1, 0.15) is 18.1 Å². The van der Waals surface area contributed by atoms with E-state index < -0.39 is 0 Å². The minimum atomic E-state index is -0.382. The van der Waals surface area contributed by atoms with E-state index in [2.05, 4.69) is 8.19 Å². The van der Waals surface area contributed by atoms with Gasteiger partial charge in [-0.2, -0.15) is 0 Å². The first-order valence-corrected chi connectivity index (χ1v) is 9.29. The fraction of sp³-hybridized carbons (Fsp3) is 0.200. The topological polar surface area (TPSA) is 63.7 Å². The predicted molar refractivity (Wildman–Crippen MR) is 111 cm³/mol. The number of aromatic amines is 1. The van der Waals surface area contributed by atoms with E-state index >= 15 is 0 Å². The Hall–Kier alpha value is -2.35. The van der Waals surface area contributed by atoms with Crippen LogP contribution >= 0.6 is 22.9 Å². The Kier molecular flexibility index (Phi) is 6.27. The Labute approximate surface area is 165 Å². The van der Waals surface area contributed by atoms with Crippen molar-refractivity contribution in [3.63, 3.8) is 0 Å². The quantitative estimate of drug-likeness (QED) is 0.316. The van der Waals surface area contributed by atoms with E-state index in [0.717, 1.165) is 27.8 Å². The van der Waals surface area contributed by atoms with Gasteiger partial charge in [-0.1, -0.05) is 30.3 Å². The highest BCUT2D eigenvalue weighted by molar-refractivity contribution is 14.1. The molecule has 0 atom stereocenters. The number of nitrogens with one attached hydrogen (secondary N) is 1. The summed E-state index contributed by atoms with van der Waals surface area (Å²) < 4.78 is 15.0. The number of hydrogen-bond donors (Lipinski definition) is 1. The molecule has 0 saturated carbocycles. The molecule has 0 aliphatic carbocycles. The summed E-state index contributed by atoms with van der Waals surface area (Å²) in [6.07, 6.45) is 2.30. The smallest absolute Gasteiger partial charge is 0.353 e. The normalized spacial score (nSPS) is 11.5. The van der Waals surface area contributed by atoms with Gasteiger partial charge >= 0.3 is 5.97 Å². The van der Waals surface area contributed by atoms with E-state index in [1.54, 1.807) is 6.92 Å². The number of benzene rings is 2. The molecule has 0 radical (unpaired) electrons. The van der Waals surface area contributed by atoms with E-state index in [9.17, 15) is 4.79 Å². The number of ether oxygens (including phenoxy) is 2. The third-order valence-corrected chi connectivity index (χ3v) is 4.54. The fourth-order valence-corrected chi connectivity index (χ4v) is 3.03. The summed E-state index contributed by atoms with van der Waals surface area (Å²) in [6.45, 7) is 2.62. The summed E-state index contributed by atoms with van der Waals surface area (Å²) in [5, 5.41) is 1.01. The molecular weight excluding hydrogens is 443 g/mol. The number of halogens is 1. The highest BCUT2D eigenvalue weighted by atomic mass is 127. The zero-order valence-corrected chi connectivity index (χ0v) is 16.5. The average Bonchev–Trinajstić information content (AvgIpc) is 3.07. The van der Waals surface area contributed by atoms with E-state index in [1.165, 1.54) is 0 Å². The van der Waals surface area contributed by atoms with Gasteiger partial charge in [-0.25, -0.2) is 8.00 Å². The molecule has 1 aromatic heterocycles. The molecule has 2 aromatic carbocycles. The van der Waals surface area contributed by atoms with Gasteiger partial charge in [-0.3, -0.25) is 0 Å². The van der Waals surface area contributed by atoms with Gasteiger partial charge in [-0.05, 0) is 36.2 Å². The maximum atomic E-state index is 12.0. The molecule has 0 spiro atoms. The number of rotatable bonds is 7. The Bertz CT molecular complexity index is 919. The first kappa shape index (κ1) is 18.4. The van der Waals surface area contributed by atoms with Gasteiger partial charge in [0.05, 0.1) is 29.5 Å². The van der Waals surface area contributed by atoms with Gasteiger partial charge in [0.15, 0.2) is 0 Å². The lowest BCUT2D eigenvalue weighted by Gasteiger charge is -2.07. The van der Waals surface area contributed by atoms with Crippen LogP contribution in [0.5, 0.6) is 5.75 Å². The second kappa shape index (κ2) is 8.84. The van der Waals surface area contributed by atoms with Crippen LogP contribution in [0.3, 0.4) is 0 Å². The highest BCUT2D eigenvalue weighted by Gasteiger charge is 2.16. The second-order valence-corrected chi connectivity index (χ2v) is 6.21. The van der Waals surface area contributed by atoms with Crippen molar-refractivity contribution in [3.05, 3.63) is 65.9 Å². The van der Waals surface area contributed by atoms with Crippen molar-refractivity contribution in [2.24, 2.45) is 3.21 Å². The molecule has 0 unspecified atom stereocenters. The van der Waals surface area contributed by atoms with Crippen LogP contribution in [0, 0.1) is 0 Å². The van der Waals surface area contributed by atoms with Crippen LogP contribution in [0.15, 0.2) is 57.9 Å². The molecule has 0 amide bonds. The molecule has 134 valence electrons. The zero-order valence-electron chi connectivity index (χ0n) is 14.4. The molecule has 0 bridgehead atoms. The Balaban J connectivity index is 1.78. The van der Waals surface area contributed by atoms with E-state index in [4.69, 9.17) is 9.47 Å². The first-order chi connectivity index (χ1) is 12.7. The molecule has 3 aromatic rings. The molecule has 6 heteroatoms. The second-order valence-electron chi connectivity index (χ2n) is 5.72. The third-order valence-electron chi connectivity index (χ3n) is 3.96. The van der Waals surface area contributed by atoms with Crippen LogP contribution in [0.25, 0.3) is 10.9 Å². The zero-order chi connectivity index (χ0) is 18.4. The molecule has 1 N–H and O–H groups in total. The fourth-order valence-electron chi connectivity index (χ4n) is 2.67. The number of fused-ring (bicyclic) bond motifs is 1. The molecular formula is C20H19IN2O3. The van der Waals surface area contributed by atoms with Gasteiger partial charge in [0.2, 0.25) is 0 Å². The van der Waals surface area contributed by atoms with Crippen LogP contribution in [0.2, 0.25) is 0 Å². The lowest BCUT2D eigenvalue weighted by atomic mass is 10.1. The number of nitrogens with zero attached hydrogens (tertiary/aromatic N) is 1. The van der Waals surface area contributed by atoms with E-state index in [0.29, 0.717) is 25.3 Å². The average molecular weight is 462 g/mol. The molecule has 0 fully saturated rings. The number of aromatic nitrogens is 1. The maximum absolute atomic E-state index is 12.0. The van der Waals surface area contributed by atoms with Gasteiger partial charge in [0, 0.05) is 23.5 Å². The molecule has 1 heterocycles. The molecule has 26 heavy (non-hydrogen) atoms. The monoisotopic (exact) mass is 462 g/mol. The summed E-state index contributed by atoms with van der Waals surface area (Å²) in [5.41, 5.74) is 3.48. The Morgan fingerprint density at radius 1 is 1.19 bits per heavy atom. The van der Waals surface area contributed by atoms with Gasteiger partial charge in [0.25, 0.3) is 0 Å². The first-order valence-electron chi connectivity index (χ1n) is 8.33. The number of carbonyl (C=O) groups excluding carboxylic acids is 1. The molecule has 5 nitrogen and oxygen atoms in total. The molecule has 0 saturated heterocycles. The van der Waals surface area contributed by atoms with Gasteiger partial charge in [-0.15, -0.1) is 0 Å². The number of carbonyl (C=O) groups is 1. The summed E-state index contributed by atoms with van der Waals surface area (Å²) in [6, 6.07) is 15.9. The summed E-state index contributed by atoms with van der Waals surface area (Å²) in [7, 11) is 0. The van der Waals surface area contributed by atoms with Crippen molar-refractivity contribution in [1.29, 1.82) is 0 Å². The van der Waals surface area contributed by atoms with Crippen molar-refractivity contribution < 1.29 is 14.3 Å². The van der Waals surface area contributed by atoms with Crippen LogP contribution in [-0.4, -0.2) is 23.3 Å². The predicted octanol–water partition coefficient (Wildman–Crippen LogP) is 4.64. The van der Waals surface area contributed by atoms with Crippen LogP contribution in [-0.2, 0) is 22.6 Å². The van der Waals surface area contributed by atoms with Crippen LogP contribution in [0.4, 0.5) is 0 Å². The molecule has 3 rings (SSSR count). The van der Waals surface area contributed by atoms with E-state index in [-0.39, 0.29) is 5.97 Å². The van der Waals surface area contributed by atoms with Crippen LogP contribution in [0.1, 0.15) is 18.1 Å². The van der Waals surface area contributed by atoms with Gasteiger partial charge < -0.3 is 14.5 Å². The maximum Gasteiger partial charge on any atom is 0.353 e. The molecule has 0 aliphatic rings. The standard InChI is InChI=1S/C20H19IN2O3/c1-2-25-20(24)19(23-21)10-15-12-22-18-9-8-16(11-17(15)18)26-13-14-6-4-3-5-7-14/h3-9,11-12,22H,2,10,13H2,1H3. The van der Waals surface area contributed by atoms with Crippen molar-refractivity contribution in [2.75, 3.05) is 6.61 Å². The van der Waals surface area contributed by atoms with Crippen molar-refractivity contribution in [2.45, 2.75) is 20.0 Å². The minimum absolute atomic E-state index is 0.333. The Morgan fingerprint density at radius 3 is 2.73 bits per heavy atom. The number of hydrogen-bond acceptors (Lipinski definition) is 4. The van der Waals surface area contributed by atoms with Crippen molar-refractivity contribution in [1.82, 2.24) is 4.98 Å². The van der Waals surface area contributed by atoms with Crippen molar-refractivity contribution in [3.8, 4) is 5.75 Å². The SMILES string of the molecule is CCOC(=O)C(Cc1c[nH]c2ccc(OCc3ccccc3)cc12)=NI. The minimum Gasteiger partial charge on any atom is -0.489 e. The summed E-state index contributed by atoms with van der Waals surface area (Å²) in [4.78, 5) is 15.2. The van der Waals surface area contributed by atoms with E-state index in [1.807, 2.05) is 77.6 Å². The highest BCUT2D eigenvalue weighted by Crippen LogP contribution is 2.25. The van der Waals surface area contributed by atoms with Crippen molar-refractivity contribution >= 4 is 45.4 Å². The largest absolute Gasteiger partial charge is 0.489 e. The lowest BCUT2D eigenvalue weighted by Crippen LogP contribution is -2.19. The number of esters is 1. The van der Waals surface area contributed by atoms with Crippen LogP contribution < -0.4 is 4.74 Å².